The minimum atomic E-state index is -1.26. The molecule has 0 spiro atoms. The molecule has 0 unspecified atom stereocenters. The van der Waals surface area contributed by atoms with Crippen molar-refractivity contribution < 1.29 is 0 Å². The summed E-state index contributed by atoms with van der Waals surface area (Å²) in [4.78, 5) is 0. The van der Waals surface area contributed by atoms with Crippen LogP contribution >= 0.6 is 0 Å². The van der Waals surface area contributed by atoms with Crippen LogP contribution in [0, 0.1) is 17.4 Å². The molecule has 1 aromatic carbocycles. The second-order valence-electron chi connectivity index (χ2n) is 7.63. The van der Waals surface area contributed by atoms with Gasteiger partial charge in [0.25, 0.3) is 0 Å². The van der Waals surface area contributed by atoms with Gasteiger partial charge in [0.05, 0.1) is 0 Å². The number of benzene rings is 1. The van der Waals surface area contributed by atoms with Crippen molar-refractivity contribution in [3.63, 3.8) is 0 Å². The van der Waals surface area contributed by atoms with Crippen molar-refractivity contribution in [2.75, 3.05) is 0 Å². The Morgan fingerprint density at radius 2 is 1.62 bits per heavy atom. The Morgan fingerprint density at radius 3 is 2.14 bits per heavy atom. The Labute approximate surface area is 132 Å². The van der Waals surface area contributed by atoms with Crippen LogP contribution in [0.3, 0.4) is 0 Å². The van der Waals surface area contributed by atoms with Gasteiger partial charge in [0, 0.05) is 5.56 Å². The topological polar surface area (TPSA) is 0 Å². The minimum Gasteiger partial charge on any atom is -0.127 e. The molecule has 1 heteroatoms. The highest BCUT2D eigenvalue weighted by Gasteiger charge is 2.21. The highest BCUT2D eigenvalue weighted by Crippen LogP contribution is 2.37. The van der Waals surface area contributed by atoms with E-state index < -0.39 is 8.07 Å². The molecule has 0 radical (unpaired) electrons. The van der Waals surface area contributed by atoms with Crippen molar-refractivity contribution in [2.24, 2.45) is 5.92 Å². The zero-order valence-corrected chi connectivity index (χ0v) is 15.2. The van der Waals surface area contributed by atoms with E-state index in [1.807, 2.05) is 0 Å². The third kappa shape index (κ3) is 5.36. The Morgan fingerprint density at radius 1 is 1.00 bits per heavy atom. The SMILES string of the molecule is CCCC1CCC(c2ccc(C#C[Si](C)(C)C)cc2)CC1. The molecular formula is C20H30Si. The lowest BCUT2D eigenvalue weighted by atomic mass is 9.77. The molecule has 1 aliphatic rings. The maximum absolute atomic E-state index is 3.45. The predicted octanol–water partition coefficient (Wildman–Crippen LogP) is 5.99. The maximum atomic E-state index is 3.45. The van der Waals surface area contributed by atoms with Crippen molar-refractivity contribution in [3.8, 4) is 11.5 Å². The highest BCUT2D eigenvalue weighted by molar-refractivity contribution is 6.83. The fourth-order valence-electron chi connectivity index (χ4n) is 3.29. The van der Waals surface area contributed by atoms with Crippen molar-refractivity contribution in [1.82, 2.24) is 0 Å². The normalized spacial score (nSPS) is 22.5. The molecule has 0 heterocycles. The van der Waals surface area contributed by atoms with Gasteiger partial charge in [-0.15, -0.1) is 5.54 Å². The molecule has 1 fully saturated rings. The van der Waals surface area contributed by atoms with E-state index in [2.05, 4.69) is 62.3 Å². The van der Waals surface area contributed by atoms with Crippen LogP contribution in [-0.2, 0) is 0 Å². The summed E-state index contributed by atoms with van der Waals surface area (Å²) in [7, 11) is -1.26. The van der Waals surface area contributed by atoms with Crippen LogP contribution in [0.15, 0.2) is 24.3 Å². The molecule has 1 saturated carbocycles. The average molecular weight is 299 g/mol. The number of hydrogen-bond donors (Lipinski definition) is 0. The quantitative estimate of drug-likeness (QED) is 0.475. The molecule has 0 atom stereocenters. The van der Waals surface area contributed by atoms with Gasteiger partial charge in [-0.2, -0.15) is 0 Å². The third-order valence-corrected chi connectivity index (χ3v) is 5.38. The molecule has 0 amide bonds. The zero-order valence-electron chi connectivity index (χ0n) is 14.2. The first-order valence-electron chi connectivity index (χ1n) is 8.61. The van der Waals surface area contributed by atoms with Gasteiger partial charge in [0.15, 0.2) is 0 Å². The number of rotatable bonds is 3. The van der Waals surface area contributed by atoms with Gasteiger partial charge < -0.3 is 0 Å². The Balaban J connectivity index is 1.95. The van der Waals surface area contributed by atoms with Gasteiger partial charge in [0.2, 0.25) is 0 Å². The Hall–Kier alpha value is -1.00. The van der Waals surface area contributed by atoms with Crippen LogP contribution in [0.4, 0.5) is 0 Å². The van der Waals surface area contributed by atoms with Crippen molar-refractivity contribution in [1.29, 1.82) is 0 Å². The van der Waals surface area contributed by atoms with E-state index >= 15 is 0 Å². The first-order valence-corrected chi connectivity index (χ1v) is 12.1. The smallest absolute Gasteiger partial charge is 0.127 e. The second kappa shape index (κ2) is 7.32. The van der Waals surface area contributed by atoms with Gasteiger partial charge >= 0.3 is 0 Å². The Kier molecular flexibility index (Phi) is 5.70. The van der Waals surface area contributed by atoms with Crippen LogP contribution in [0.1, 0.15) is 62.5 Å². The summed E-state index contributed by atoms with van der Waals surface area (Å²) in [6, 6.07) is 9.08. The van der Waals surface area contributed by atoms with E-state index in [1.165, 1.54) is 49.7 Å². The first-order chi connectivity index (χ1) is 9.98. The fraction of sp³-hybridized carbons (Fsp3) is 0.600. The second-order valence-corrected chi connectivity index (χ2v) is 12.4. The first kappa shape index (κ1) is 16.4. The summed E-state index contributed by atoms with van der Waals surface area (Å²) in [5.74, 6) is 5.13. The monoisotopic (exact) mass is 298 g/mol. The van der Waals surface area contributed by atoms with Gasteiger partial charge in [-0.05, 0) is 55.2 Å². The van der Waals surface area contributed by atoms with Gasteiger partial charge in [-0.25, -0.2) is 0 Å². The minimum absolute atomic E-state index is 0.789. The molecular weight excluding hydrogens is 268 g/mol. The molecule has 0 saturated heterocycles. The van der Waals surface area contributed by atoms with E-state index in [0.29, 0.717) is 0 Å². The molecule has 0 bridgehead atoms. The van der Waals surface area contributed by atoms with Gasteiger partial charge in [0.1, 0.15) is 8.07 Å². The van der Waals surface area contributed by atoms with Crippen LogP contribution in [0.25, 0.3) is 0 Å². The molecule has 1 aromatic rings. The third-order valence-electron chi connectivity index (χ3n) is 4.51. The molecule has 114 valence electrons. The van der Waals surface area contributed by atoms with E-state index in [0.717, 1.165) is 11.8 Å². The van der Waals surface area contributed by atoms with E-state index in [4.69, 9.17) is 0 Å². The summed E-state index contributed by atoms with van der Waals surface area (Å²) in [5, 5.41) is 0. The summed E-state index contributed by atoms with van der Waals surface area (Å²) in [6.45, 7) is 9.20. The summed E-state index contributed by atoms with van der Waals surface area (Å²) < 4.78 is 0. The lowest BCUT2D eigenvalue weighted by Crippen LogP contribution is -2.16. The lowest BCUT2D eigenvalue weighted by molar-refractivity contribution is 0.308. The average Bonchev–Trinajstić information content (AvgIpc) is 2.46. The molecule has 1 aliphatic carbocycles. The van der Waals surface area contributed by atoms with Crippen molar-refractivity contribution in [2.45, 2.75) is 71.0 Å². The molecule has 0 N–H and O–H groups in total. The van der Waals surface area contributed by atoms with E-state index in [-0.39, 0.29) is 0 Å². The molecule has 0 aliphatic heterocycles. The zero-order chi connectivity index (χ0) is 15.3. The van der Waals surface area contributed by atoms with Gasteiger partial charge in [-0.3, -0.25) is 0 Å². The standard InChI is InChI=1S/C20H30Si/c1-5-6-17-7-11-19(12-8-17)20-13-9-18(10-14-20)15-16-21(2,3)4/h9-10,13-14,17,19H,5-8,11-12H2,1-4H3. The molecule has 21 heavy (non-hydrogen) atoms. The van der Waals surface area contributed by atoms with Crippen LogP contribution < -0.4 is 0 Å². The highest BCUT2D eigenvalue weighted by atomic mass is 28.3. The van der Waals surface area contributed by atoms with E-state index in [9.17, 15) is 0 Å². The number of hydrogen-bond acceptors (Lipinski definition) is 0. The molecule has 2 rings (SSSR count). The van der Waals surface area contributed by atoms with Crippen molar-refractivity contribution in [3.05, 3.63) is 35.4 Å². The van der Waals surface area contributed by atoms with E-state index in [1.54, 1.807) is 0 Å². The lowest BCUT2D eigenvalue weighted by Gasteiger charge is -2.28. The largest absolute Gasteiger partial charge is 0.129 e. The molecule has 0 aromatic heterocycles. The molecule has 0 nitrogen and oxygen atoms in total. The Bertz CT molecular complexity index is 487. The summed E-state index contributed by atoms with van der Waals surface area (Å²) >= 11 is 0. The fourth-order valence-corrected chi connectivity index (χ4v) is 3.81. The maximum Gasteiger partial charge on any atom is 0.129 e. The summed E-state index contributed by atoms with van der Waals surface area (Å²) in [5.41, 5.74) is 6.16. The van der Waals surface area contributed by atoms with Crippen LogP contribution in [0.5, 0.6) is 0 Å². The predicted molar refractivity (Wildman–Crippen MR) is 96.3 cm³/mol. The van der Waals surface area contributed by atoms with Crippen LogP contribution in [0.2, 0.25) is 19.6 Å². The van der Waals surface area contributed by atoms with Crippen LogP contribution in [-0.4, -0.2) is 8.07 Å². The van der Waals surface area contributed by atoms with Gasteiger partial charge in [-0.1, -0.05) is 57.5 Å². The summed E-state index contributed by atoms with van der Waals surface area (Å²) in [6.07, 6.45) is 8.39. The van der Waals surface area contributed by atoms with Crippen molar-refractivity contribution >= 4 is 8.07 Å².